The first kappa shape index (κ1) is 59.8. The lowest BCUT2D eigenvalue weighted by molar-refractivity contribution is -0.385. The Morgan fingerprint density at radius 1 is 0.466 bits per heavy atom. The van der Waals surface area contributed by atoms with E-state index >= 15 is 0 Å². The van der Waals surface area contributed by atoms with Crippen LogP contribution in [-0.2, 0) is 22.7 Å². The van der Waals surface area contributed by atoms with Gasteiger partial charge in [-0.15, -0.1) is 0 Å². The average Bonchev–Trinajstić information content (AvgIpc) is 1.57. The van der Waals surface area contributed by atoms with Gasteiger partial charge in [-0.25, -0.2) is 4.79 Å². The van der Waals surface area contributed by atoms with Crippen LogP contribution in [0.2, 0.25) is 0 Å². The number of allylic oxidation sites excluding steroid dienone is 4. The third-order valence-electron chi connectivity index (χ3n) is 15.1. The van der Waals surface area contributed by atoms with Gasteiger partial charge in [0.1, 0.15) is 57.5 Å². The van der Waals surface area contributed by atoms with Gasteiger partial charge in [0, 0.05) is 35.4 Å². The molecule has 2 N–H and O–H groups in total. The fourth-order valence-corrected chi connectivity index (χ4v) is 10.8. The molecule has 0 unspecified atom stereocenters. The normalized spacial score (nSPS) is 13.2. The number of furan rings is 2. The molecule has 21 nitrogen and oxygen atoms in total. The van der Waals surface area contributed by atoms with Crippen molar-refractivity contribution in [3.8, 4) is 68.2 Å². The second kappa shape index (κ2) is 25.9. The zero-order chi connectivity index (χ0) is 62.3. The Labute approximate surface area is 504 Å². The number of ether oxygens (including phenoxy) is 8. The Balaban J connectivity index is 0.977. The number of non-ortho nitro benzene ring substituents is 2. The second-order valence-electron chi connectivity index (χ2n) is 20.1. The number of nitro benzene ring substituents is 2. The lowest BCUT2D eigenvalue weighted by Gasteiger charge is -2.19. The minimum atomic E-state index is -1.34. The van der Waals surface area contributed by atoms with Crippen LogP contribution >= 0.6 is 0 Å². The zero-order valence-electron chi connectivity index (χ0n) is 49.0. The van der Waals surface area contributed by atoms with E-state index in [0.29, 0.717) is 34.1 Å². The Morgan fingerprint density at radius 2 is 0.852 bits per heavy atom. The standard InChI is InChI=1S/C67H58N4O17/c1-37-49(47-17-15-43(79-3)31-53(47)51(37)33-63(72)68-35-45-11-9-21-85-45)23-39-25-59(81-5)65(60(26-39)82-6)55-29-41(70(75)76)13-19-57(55)87-67(74)88-58-20-14-42(71(77)78)30-56(58)66-61(83-7)27-40(28-62(66)84-8)24-50-38(2)52(54-32-44(80-4)16-18-48(50)54)34-64(73)69-36-46-12-10-22-86-46/h9-32H,33-36H2,1-8H3,(H,68,72)(H,69,73)/b49-23+,50-24+. The number of fused-ring (bicyclic) bond motifs is 2. The SMILES string of the molecule is COc1ccc2c(c1)C(CC(=O)NCc1ccco1)=C(C)/C2=C\c1cc(OC)c(-c2cc([N+](=O)[O-])ccc2OC(=O)Oc2ccc([N+](=O)[O-])cc2-c2c(OC)cc(/C=C3\C(C)=C(CC(=O)NCc4ccco4)c4cc(OC)ccc43)cc2OC)c(OC)c1. The fraction of sp³-hybridized carbons (Fsp3) is 0.179. The average molecular weight is 1190 g/mol. The molecule has 0 radical (unpaired) electrons. The molecule has 448 valence electrons. The summed E-state index contributed by atoms with van der Waals surface area (Å²) in [6.07, 6.45) is 5.65. The van der Waals surface area contributed by atoms with E-state index in [9.17, 15) is 34.6 Å². The summed E-state index contributed by atoms with van der Waals surface area (Å²) >= 11 is 0. The number of benzene rings is 6. The zero-order valence-corrected chi connectivity index (χ0v) is 49.0. The van der Waals surface area contributed by atoms with Gasteiger partial charge in [-0.3, -0.25) is 29.8 Å². The first-order chi connectivity index (χ1) is 42.5. The molecule has 0 aliphatic heterocycles. The van der Waals surface area contributed by atoms with Gasteiger partial charge in [0.05, 0.1) is 102 Å². The van der Waals surface area contributed by atoms with Crippen LogP contribution in [0.25, 0.3) is 56.7 Å². The van der Waals surface area contributed by atoms with Crippen molar-refractivity contribution in [3.63, 3.8) is 0 Å². The summed E-state index contributed by atoms with van der Waals surface area (Å²) in [5, 5.41) is 30.6. The predicted octanol–water partition coefficient (Wildman–Crippen LogP) is 13.7. The van der Waals surface area contributed by atoms with Crippen molar-refractivity contribution < 1.29 is 71.0 Å². The molecule has 0 atom stereocenters. The number of carbonyl (C=O) groups is 3. The van der Waals surface area contributed by atoms with Crippen LogP contribution < -0.4 is 48.5 Å². The van der Waals surface area contributed by atoms with Crippen molar-refractivity contribution in [2.24, 2.45) is 0 Å². The number of carbonyl (C=O) groups excluding carboxylic acids is 3. The molecule has 2 aliphatic rings. The molecule has 88 heavy (non-hydrogen) atoms. The molecule has 0 bridgehead atoms. The smallest absolute Gasteiger partial charge is 0.497 e. The summed E-state index contributed by atoms with van der Waals surface area (Å²) in [6.45, 7) is 4.27. The molecular weight excluding hydrogens is 1130 g/mol. The first-order valence-electron chi connectivity index (χ1n) is 27.3. The van der Waals surface area contributed by atoms with E-state index in [2.05, 4.69) is 10.6 Å². The lowest BCUT2D eigenvalue weighted by Crippen LogP contribution is -2.22. The number of methoxy groups -OCH3 is 6. The minimum absolute atomic E-state index is 0.00260. The second-order valence-corrected chi connectivity index (χ2v) is 20.1. The molecule has 6 aromatic carbocycles. The molecule has 0 spiro atoms. The minimum Gasteiger partial charge on any atom is -0.497 e. The number of nitrogens with zero attached hydrogens (tertiary/aromatic N) is 2. The molecular formula is C67H58N4O17. The quantitative estimate of drug-likeness (QED) is 0.0276. The number of nitro groups is 2. The van der Waals surface area contributed by atoms with Gasteiger partial charge in [-0.1, -0.05) is 12.1 Å². The summed E-state index contributed by atoms with van der Waals surface area (Å²) in [5.41, 5.74) is 8.85. The summed E-state index contributed by atoms with van der Waals surface area (Å²) in [4.78, 5) is 64.6. The highest BCUT2D eigenvalue weighted by molar-refractivity contribution is 6.10. The summed E-state index contributed by atoms with van der Waals surface area (Å²) in [6, 6.07) is 32.1. The Morgan fingerprint density at radius 3 is 1.18 bits per heavy atom. The lowest BCUT2D eigenvalue weighted by atomic mass is 9.96. The molecule has 2 aromatic heterocycles. The molecule has 2 aliphatic carbocycles. The van der Waals surface area contributed by atoms with E-state index in [0.717, 1.165) is 67.8 Å². The maximum absolute atomic E-state index is 14.3. The van der Waals surface area contributed by atoms with Crippen LogP contribution in [0.1, 0.15) is 71.6 Å². The number of rotatable bonds is 22. The van der Waals surface area contributed by atoms with Gasteiger partial charge >= 0.3 is 6.16 Å². The van der Waals surface area contributed by atoms with Gasteiger partial charge < -0.3 is 57.4 Å². The van der Waals surface area contributed by atoms with Gasteiger partial charge in [0.25, 0.3) is 11.4 Å². The molecule has 0 saturated carbocycles. The van der Waals surface area contributed by atoms with Crippen molar-refractivity contribution in [2.75, 3.05) is 42.7 Å². The molecule has 2 heterocycles. The summed E-state index contributed by atoms with van der Waals surface area (Å²) in [7, 11) is 8.73. The van der Waals surface area contributed by atoms with E-state index in [4.69, 9.17) is 46.7 Å². The van der Waals surface area contributed by atoms with E-state index in [1.807, 2.05) is 62.4 Å². The highest BCUT2D eigenvalue weighted by atomic mass is 16.7. The number of hydrogen-bond acceptors (Lipinski definition) is 17. The van der Waals surface area contributed by atoms with Gasteiger partial charge in [-0.05, 0) is 178 Å². The molecule has 8 aromatic rings. The van der Waals surface area contributed by atoms with E-state index in [-0.39, 0.29) is 106 Å². The highest BCUT2D eigenvalue weighted by Crippen LogP contribution is 2.51. The maximum atomic E-state index is 14.3. The van der Waals surface area contributed by atoms with Gasteiger partial charge in [0.15, 0.2) is 0 Å². The molecule has 0 fully saturated rings. The molecule has 0 saturated heterocycles. The van der Waals surface area contributed by atoms with Crippen LogP contribution in [0.4, 0.5) is 16.2 Å². The van der Waals surface area contributed by atoms with Crippen LogP contribution in [0.3, 0.4) is 0 Å². The van der Waals surface area contributed by atoms with Crippen molar-refractivity contribution in [2.45, 2.75) is 39.8 Å². The van der Waals surface area contributed by atoms with Crippen molar-refractivity contribution in [3.05, 3.63) is 210 Å². The van der Waals surface area contributed by atoms with Crippen molar-refractivity contribution in [1.82, 2.24) is 10.6 Å². The van der Waals surface area contributed by atoms with Crippen LogP contribution in [-0.4, -0.2) is 70.5 Å². The van der Waals surface area contributed by atoms with Gasteiger partial charge in [-0.2, -0.15) is 0 Å². The monoisotopic (exact) mass is 1190 g/mol. The predicted molar refractivity (Wildman–Crippen MR) is 327 cm³/mol. The Hall–Kier alpha value is -11.4. The molecule has 2 amide bonds. The van der Waals surface area contributed by atoms with Crippen molar-refractivity contribution in [1.29, 1.82) is 0 Å². The maximum Gasteiger partial charge on any atom is 0.519 e. The van der Waals surface area contributed by atoms with Gasteiger partial charge in [0.2, 0.25) is 11.8 Å². The largest absolute Gasteiger partial charge is 0.519 e. The number of amides is 2. The van der Waals surface area contributed by atoms with E-state index in [1.54, 1.807) is 62.8 Å². The first-order valence-corrected chi connectivity index (χ1v) is 27.3. The molecule has 21 heteroatoms. The summed E-state index contributed by atoms with van der Waals surface area (Å²) < 4.78 is 57.6. The topological polar surface area (TPSA) is 262 Å². The summed E-state index contributed by atoms with van der Waals surface area (Å²) in [5.74, 6) is 2.22. The Bertz CT molecular complexity index is 3890. The number of nitrogens with one attached hydrogen (secondary N) is 2. The third kappa shape index (κ3) is 12.4. The molecule has 10 rings (SSSR count). The van der Waals surface area contributed by atoms with Crippen LogP contribution in [0.15, 0.2) is 154 Å². The van der Waals surface area contributed by atoms with Crippen molar-refractivity contribution >= 4 is 63.8 Å². The fourth-order valence-electron chi connectivity index (χ4n) is 10.8. The Kier molecular flexibility index (Phi) is 17.6. The number of hydrogen-bond donors (Lipinski definition) is 2. The third-order valence-corrected chi connectivity index (χ3v) is 15.1. The highest BCUT2D eigenvalue weighted by Gasteiger charge is 2.31. The van der Waals surface area contributed by atoms with Crippen LogP contribution in [0, 0.1) is 20.2 Å². The van der Waals surface area contributed by atoms with Crippen LogP contribution in [0.5, 0.6) is 46.0 Å². The van der Waals surface area contributed by atoms with E-state index < -0.39 is 16.0 Å². The van der Waals surface area contributed by atoms with E-state index in [1.165, 1.54) is 65.2 Å².